The van der Waals surface area contributed by atoms with Gasteiger partial charge in [0, 0.05) is 11.6 Å². The Hall–Kier alpha value is -2.04. The van der Waals surface area contributed by atoms with E-state index in [0.717, 1.165) is 29.6 Å². The lowest BCUT2D eigenvalue weighted by Crippen LogP contribution is -2.30. The highest BCUT2D eigenvalue weighted by atomic mass is 35.5. The van der Waals surface area contributed by atoms with Crippen molar-refractivity contribution in [2.75, 3.05) is 20.1 Å². The molecule has 0 aliphatic carbocycles. The van der Waals surface area contributed by atoms with Gasteiger partial charge in [0.15, 0.2) is 0 Å². The van der Waals surface area contributed by atoms with Crippen LogP contribution < -0.4 is 4.74 Å². The molecular formula is C27H36ClN3O. The Bertz CT molecular complexity index is 1030. The molecule has 0 radical (unpaired) electrons. The maximum Gasteiger partial charge on any atom is 0.148 e. The largest absolute Gasteiger partial charge is 0.486 e. The summed E-state index contributed by atoms with van der Waals surface area (Å²) in [7, 11) is 2.23. The first-order valence-corrected chi connectivity index (χ1v) is 12.2. The normalized spacial score (nSPS) is 16.0. The molecule has 0 N–H and O–H groups in total. The van der Waals surface area contributed by atoms with Crippen molar-refractivity contribution < 1.29 is 4.74 Å². The third-order valence-electron chi connectivity index (χ3n) is 6.67. The summed E-state index contributed by atoms with van der Waals surface area (Å²) in [5, 5.41) is 0.716. The van der Waals surface area contributed by atoms with Crippen LogP contribution in [0.5, 0.6) is 5.75 Å². The highest BCUT2D eigenvalue weighted by Crippen LogP contribution is 2.32. The second-order valence-electron chi connectivity index (χ2n) is 10.2. The lowest BCUT2D eigenvalue weighted by atomic mass is 9.86. The van der Waals surface area contributed by atoms with Gasteiger partial charge in [-0.05, 0) is 93.0 Å². The van der Waals surface area contributed by atoms with Crippen LogP contribution in [0.4, 0.5) is 0 Å². The Morgan fingerprint density at radius 2 is 1.78 bits per heavy atom. The molecule has 1 aromatic heterocycles. The van der Waals surface area contributed by atoms with Gasteiger partial charge in [-0.3, -0.25) is 0 Å². The van der Waals surface area contributed by atoms with Gasteiger partial charge in [0.25, 0.3) is 0 Å². The summed E-state index contributed by atoms with van der Waals surface area (Å²) in [6.45, 7) is 10.7. The number of fused-ring (bicyclic) bond motifs is 1. The molecule has 0 spiro atoms. The standard InChI is InChI=1S/C27H36ClN3O/c1-27(2,3)23-8-5-9-24-26(23)31(16-6-7-20-14-17-30(4)18-15-20)25(29-24)19-32-22-12-10-21(28)11-13-22/h5,8-13,20H,6-7,14-19H2,1-4H3. The maximum absolute atomic E-state index is 6.10. The average Bonchev–Trinajstić information content (AvgIpc) is 3.11. The van der Waals surface area contributed by atoms with Gasteiger partial charge in [0.05, 0.1) is 11.0 Å². The Labute approximate surface area is 197 Å². The summed E-state index contributed by atoms with van der Waals surface area (Å²) in [6, 6.07) is 14.1. The number of halogens is 1. The fraction of sp³-hybridized carbons (Fsp3) is 0.519. The summed E-state index contributed by atoms with van der Waals surface area (Å²) in [5.41, 5.74) is 3.73. The summed E-state index contributed by atoms with van der Waals surface area (Å²) in [5.74, 6) is 2.65. The van der Waals surface area contributed by atoms with Crippen LogP contribution in [-0.2, 0) is 18.6 Å². The third kappa shape index (κ3) is 5.47. The first kappa shape index (κ1) is 23.1. The first-order valence-electron chi connectivity index (χ1n) is 11.9. The SMILES string of the molecule is CN1CCC(CCCn2c(COc3ccc(Cl)cc3)nc3cccc(C(C)(C)C)c32)CC1. The highest BCUT2D eigenvalue weighted by molar-refractivity contribution is 6.30. The molecule has 3 aromatic rings. The van der Waals surface area contributed by atoms with Gasteiger partial charge in [-0.1, -0.05) is 44.5 Å². The van der Waals surface area contributed by atoms with E-state index < -0.39 is 0 Å². The summed E-state index contributed by atoms with van der Waals surface area (Å²) in [4.78, 5) is 7.45. The number of aromatic nitrogens is 2. The van der Waals surface area contributed by atoms with E-state index in [-0.39, 0.29) is 5.41 Å². The van der Waals surface area contributed by atoms with E-state index in [4.69, 9.17) is 21.3 Å². The van der Waals surface area contributed by atoms with Gasteiger partial charge in [-0.25, -0.2) is 4.98 Å². The lowest BCUT2D eigenvalue weighted by molar-refractivity contribution is 0.208. The predicted octanol–water partition coefficient (Wildman–Crippen LogP) is 6.69. The Morgan fingerprint density at radius 1 is 1.06 bits per heavy atom. The van der Waals surface area contributed by atoms with Crippen LogP contribution in [0.1, 0.15) is 57.8 Å². The maximum atomic E-state index is 6.10. The van der Waals surface area contributed by atoms with Crippen LogP contribution in [0.25, 0.3) is 11.0 Å². The topological polar surface area (TPSA) is 30.3 Å². The lowest BCUT2D eigenvalue weighted by Gasteiger charge is -2.29. The number of hydrogen-bond acceptors (Lipinski definition) is 3. The average molecular weight is 454 g/mol. The Kier molecular flexibility index (Phi) is 7.11. The molecule has 0 atom stereocenters. The van der Waals surface area contributed by atoms with Crippen molar-refractivity contribution in [1.29, 1.82) is 0 Å². The number of rotatable bonds is 7. The van der Waals surface area contributed by atoms with Crippen molar-refractivity contribution >= 4 is 22.6 Å². The minimum absolute atomic E-state index is 0.0551. The number of nitrogens with zero attached hydrogens (tertiary/aromatic N) is 3. The number of para-hydroxylation sites is 1. The van der Waals surface area contributed by atoms with E-state index in [0.29, 0.717) is 11.6 Å². The quantitative estimate of drug-likeness (QED) is 0.399. The van der Waals surface area contributed by atoms with E-state index in [1.807, 2.05) is 24.3 Å². The highest BCUT2D eigenvalue weighted by Gasteiger charge is 2.23. The monoisotopic (exact) mass is 453 g/mol. The zero-order chi connectivity index (χ0) is 22.7. The zero-order valence-corrected chi connectivity index (χ0v) is 20.7. The van der Waals surface area contributed by atoms with E-state index >= 15 is 0 Å². The Morgan fingerprint density at radius 3 is 2.47 bits per heavy atom. The van der Waals surface area contributed by atoms with Crippen molar-refractivity contribution in [3.8, 4) is 5.75 Å². The molecule has 2 aromatic carbocycles. The smallest absolute Gasteiger partial charge is 0.148 e. The zero-order valence-electron chi connectivity index (χ0n) is 19.9. The summed E-state index contributed by atoms with van der Waals surface area (Å²) in [6.07, 6.45) is 5.09. The van der Waals surface area contributed by atoms with Gasteiger partial charge in [-0.2, -0.15) is 0 Å². The van der Waals surface area contributed by atoms with Gasteiger partial charge in [0.2, 0.25) is 0 Å². The number of hydrogen-bond donors (Lipinski definition) is 0. The molecule has 0 bridgehead atoms. The molecule has 32 heavy (non-hydrogen) atoms. The molecule has 0 amide bonds. The second kappa shape index (κ2) is 9.84. The minimum Gasteiger partial charge on any atom is -0.486 e. The molecule has 4 nitrogen and oxygen atoms in total. The molecule has 1 saturated heterocycles. The van der Waals surface area contributed by atoms with E-state index in [9.17, 15) is 0 Å². The molecule has 1 fully saturated rings. The molecule has 5 heteroatoms. The van der Waals surface area contributed by atoms with Crippen molar-refractivity contribution in [2.24, 2.45) is 5.92 Å². The molecule has 4 rings (SSSR count). The molecule has 1 aliphatic rings. The fourth-order valence-electron chi connectivity index (χ4n) is 4.76. The summed E-state index contributed by atoms with van der Waals surface area (Å²) >= 11 is 6.02. The molecule has 1 aliphatic heterocycles. The van der Waals surface area contributed by atoms with Gasteiger partial charge in [0.1, 0.15) is 18.2 Å². The number of piperidine rings is 1. The van der Waals surface area contributed by atoms with Crippen LogP contribution in [0.15, 0.2) is 42.5 Å². The Balaban J connectivity index is 1.57. The molecule has 172 valence electrons. The minimum atomic E-state index is 0.0551. The molecule has 0 saturated carbocycles. The van der Waals surface area contributed by atoms with Crippen LogP contribution in [0.3, 0.4) is 0 Å². The van der Waals surface area contributed by atoms with E-state index in [1.165, 1.54) is 49.9 Å². The van der Waals surface area contributed by atoms with Crippen molar-refractivity contribution in [3.05, 3.63) is 58.9 Å². The van der Waals surface area contributed by atoms with Crippen molar-refractivity contribution in [3.63, 3.8) is 0 Å². The van der Waals surface area contributed by atoms with Gasteiger partial charge >= 0.3 is 0 Å². The fourth-order valence-corrected chi connectivity index (χ4v) is 4.88. The predicted molar refractivity (Wildman–Crippen MR) is 134 cm³/mol. The third-order valence-corrected chi connectivity index (χ3v) is 6.92. The van der Waals surface area contributed by atoms with Crippen LogP contribution in [-0.4, -0.2) is 34.6 Å². The van der Waals surface area contributed by atoms with Gasteiger partial charge < -0.3 is 14.2 Å². The number of imidazole rings is 1. The number of likely N-dealkylation sites (tertiary alicyclic amines) is 1. The van der Waals surface area contributed by atoms with Crippen molar-refractivity contribution in [2.45, 2.75) is 65.0 Å². The van der Waals surface area contributed by atoms with E-state index in [2.05, 4.69) is 55.5 Å². The molecule has 2 heterocycles. The number of ether oxygens (including phenoxy) is 1. The van der Waals surface area contributed by atoms with Crippen LogP contribution in [0, 0.1) is 5.92 Å². The molecular weight excluding hydrogens is 418 g/mol. The van der Waals surface area contributed by atoms with Gasteiger partial charge in [-0.15, -0.1) is 0 Å². The number of benzene rings is 2. The molecule has 0 unspecified atom stereocenters. The second-order valence-corrected chi connectivity index (χ2v) is 10.7. The van der Waals surface area contributed by atoms with Crippen LogP contribution in [0.2, 0.25) is 5.02 Å². The van der Waals surface area contributed by atoms with E-state index in [1.54, 1.807) is 0 Å². The van der Waals surface area contributed by atoms with Crippen LogP contribution >= 0.6 is 11.6 Å². The van der Waals surface area contributed by atoms with Crippen molar-refractivity contribution in [1.82, 2.24) is 14.5 Å². The number of aryl methyl sites for hydroxylation is 1. The first-order chi connectivity index (χ1) is 15.3. The summed E-state index contributed by atoms with van der Waals surface area (Å²) < 4.78 is 8.52.